The van der Waals surface area contributed by atoms with Gasteiger partial charge >= 0.3 is 0 Å². The molecule has 0 aromatic rings. The fourth-order valence-electron chi connectivity index (χ4n) is 1.07. The summed E-state index contributed by atoms with van der Waals surface area (Å²) in [4.78, 5) is 0. The van der Waals surface area contributed by atoms with Crippen molar-refractivity contribution in [2.45, 2.75) is 30.7 Å². The Labute approximate surface area is 68.6 Å². The van der Waals surface area contributed by atoms with E-state index in [2.05, 4.69) is 4.74 Å². The van der Waals surface area contributed by atoms with Crippen LogP contribution in [0.5, 0.6) is 0 Å². The predicted octanol–water partition coefficient (Wildman–Crippen LogP) is -2.78. The molecule has 12 heavy (non-hydrogen) atoms. The smallest absolute Gasteiger partial charge is 0.220 e. The summed E-state index contributed by atoms with van der Waals surface area (Å²) in [5.74, 6) is 0. The van der Waals surface area contributed by atoms with Crippen LogP contribution in [0.25, 0.3) is 0 Å². The normalized spacial score (nSPS) is 49.2. The van der Waals surface area contributed by atoms with Crippen LogP contribution in [0.15, 0.2) is 0 Å². The lowest BCUT2D eigenvalue weighted by atomic mass is 10.00. The zero-order valence-corrected chi connectivity index (χ0v) is 6.20. The van der Waals surface area contributed by atoms with Gasteiger partial charge in [0, 0.05) is 0 Å². The van der Waals surface area contributed by atoms with E-state index < -0.39 is 37.3 Å². The molecular weight excluding hydrogens is 168 g/mol. The van der Waals surface area contributed by atoms with Crippen LogP contribution < -0.4 is 0 Å². The maximum absolute atomic E-state index is 10.7. The fraction of sp³-hybridized carbons (Fsp3) is 1.00. The summed E-state index contributed by atoms with van der Waals surface area (Å²) in [6.07, 6.45) is -7.57. The summed E-state index contributed by atoms with van der Waals surface area (Å²) >= 11 is 0. The molecule has 0 amide bonds. The molecule has 71 valence electrons. The summed E-state index contributed by atoms with van der Waals surface area (Å²) in [6.45, 7) is -0.566. The summed E-state index contributed by atoms with van der Waals surface area (Å²) in [7, 11) is 0. The minimum absolute atomic E-state index is 0.566. The Morgan fingerprint density at radius 2 is 1.67 bits per heavy atom. The molecule has 1 heterocycles. The van der Waals surface area contributed by atoms with Gasteiger partial charge in [-0.3, -0.25) is 0 Å². The van der Waals surface area contributed by atoms with Gasteiger partial charge in [0.25, 0.3) is 0 Å². The summed E-state index contributed by atoms with van der Waals surface area (Å²) in [5, 5.41) is 46.3. The summed E-state index contributed by atoms with van der Waals surface area (Å²) in [5.41, 5.74) is 0. The molecule has 0 aromatic carbocycles. The Morgan fingerprint density at radius 3 is 2.17 bits per heavy atom. The molecule has 1 saturated heterocycles. The highest BCUT2D eigenvalue weighted by Crippen LogP contribution is 2.19. The standard InChI is InChI=1S/C6H11O6/c7-1-2-3(8)4(9)5(10)6(11)12-2/h2-10H,1H2/t2-,3+,4+,5+,6-/m1/s1. The van der Waals surface area contributed by atoms with E-state index in [4.69, 9.17) is 20.4 Å². The molecule has 1 fully saturated rings. The molecule has 1 radical (unpaired) electrons. The molecular formula is C6H11O6. The molecule has 0 saturated carbocycles. The first kappa shape index (κ1) is 9.85. The monoisotopic (exact) mass is 179 g/mol. The first-order chi connectivity index (χ1) is 5.57. The average molecular weight is 179 g/mol. The fourth-order valence-corrected chi connectivity index (χ4v) is 1.07. The van der Waals surface area contributed by atoms with Crippen molar-refractivity contribution in [1.29, 1.82) is 0 Å². The van der Waals surface area contributed by atoms with Gasteiger partial charge in [-0.25, -0.2) is 0 Å². The molecule has 5 atom stereocenters. The Kier molecular flexibility index (Phi) is 2.99. The van der Waals surface area contributed by atoms with Crippen molar-refractivity contribution < 1.29 is 30.3 Å². The highest BCUT2D eigenvalue weighted by molar-refractivity contribution is 4.87. The quantitative estimate of drug-likeness (QED) is 0.348. The lowest BCUT2D eigenvalue weighted by Crippen LogP contribution is -2.58. The van der Waals surface area contributed by atoms with Crippen LogP contribution in [0, 0.1) is 0 Å². The second-order valence-electron chi connectivity index (χ2n) is 2.70. The van der Waals surface area contributed by atoms with Gasteiger partial charge in [0.1, 0.15) is 24.4 Å². The summed E-state index contributed by atoms with van der Waals surface area (Å²) < 4.78 is 4.46. The van der Waals surface area contributed by atoms with Crippen LogP contribution >= 0.6 is 0 Å². The molecule has 4 N–H and O–H groups in total. The van der Waals surface area contributed by atoms with Gasteiger partial charge in [0.2, 0.25) is 6.29 Å². The third kappa shape index (κ3) is 1.58. The highest BCUT2D eigenvalue weighted by Gasteiger charge is 2.43. The van der Waals surface area contributed by atoms with E-state index in [0.29, 0.717) is 0 Å². The van der Waals surface area contributed by atoms with Crippen LogP contribution in [0.4, 0.5) is 0 Å². The van der Waals surface area contributed by atoms with Crippen LogP contribution in [0.2, 0.25) is 0 Å². The number of aliphatic hydroxyl groups is 4. The minimum atomic E-state index is -1.82. The van der Waals surface area contributed by atoms with Crippen LogP contribution in [0.3, 0.4) is 0 Å². The molecule has 6 nitrogen and oxygen atoms in total. The van der Waals surface area contributed by atoms with Gasteiger partial charge < -0.3 is 25.2 Å². The number of aliphatic hydroxyl groups excluding tert-OH is 4. The van der Waals surface area contributed by atoms with E-state index in [-0.39, 0.29) is 0 Å². The van der Waals surface area contributed by atoms with E-state index in [1.54, 1.807) is 0 Å². The number of rotatable bonds is 1. The largest absolute Gasteiger partial charge is 0.394 e. The Hall–Kier alpha value is -0.240. The Balaban J connectivity index is 2.63. The molecule has 0 spiro atoms. The van der Waals surface area contributed by atoms with Crippen LogP contribution in [-0.4, -0.2) is 57.7 Å². The number of hydrogen-bond acceptors (Lipinski definition) is 5. The van der Waals surface area contributed by atoms with Crippen LogP contribution in [0.1, 0.15) is 0 Å². The summed E-state index contributed by atoms with van der Waals surface area (Å²) in [6, 6.07) is 0. The lowest BCUT2D eigenvalue weighted by molar-refractivity contribution is -0.303. The molecule has 6 heteroatoms. The maximum Gasteiger partial charge on any atom is 0.220 e. The van der Waals surface area contributed by atoms with Gasteiger partial charge in [-0.05, 0) is 0 Å². The Morgan fingerprint density at radius 1 is 1.08 bits per heavy atom. The predicted molar refractivity (Wildman–Crippen MR) is 34.5 cm³/mol. The van der Waals surface area contributed by atoms with Crippen molar-refractivity contribution in [2.75, 3.05) is 6.61 Å². The first-order valence-corrected chi connectivity index (χ1v) is 3.54. The molecule has 1 aliphatic rings. The first-order valence-electron chi connectivity index (χ1n) is 3.54. The van der Waals surface area contributed by atoms with Crippen molar-refractivity contribution in [3.05, 3.63) is 0 Å². The van der Waals surface area contributed by atoms with E-state index in [9.17, 15) is 5.11 Å². The molecule has 0 unspecified atom stereocenters. The van der Waals surface area contributed by atoms with Gasteiger partial charge in [-0.2, -0.15) is 5.11 Å². The molecule has 1 aliphatic heterocycles. The lowest BCUT2D eigenvalue weighted by Gasteiger charge is -2.36. The Bertz CT molecular complexity index is 146. The van der Waals surface area contributed by atoms with Gasteiger partial charge in [-0.15, -0.1) is 0 Å². The van der Waals surface area contributed by atoms with Crippen molar-refractivity contribution >= 4 is 0 Å². The third-order valence-electron chi connectivity index (χ3n) is 1.85. The average Bonchev–Trinajstić information content (AvgIpc) is 2.08. The third-order valence-corrected chi connectivity index (χ3v) is 1.85. The van der Waals surface area contributed by atoms with Gasteiger partial charge in [0.15, 0.2) is 0 Å². The number of ether oxygens (including phenoxy) is 1. The second kappa shape index (κ2) is 3.65. The highest BCUT2D eigenvalue weighted by atomic mass is 16.6. The van der Waals surface area contributed by atoms with E-state index in [0.717, 1.165) is 0 Å². The molecule has 0 aliphatic carbocycles. The molecule has 1 rings (SSSR count). The molecule has 0 aromatic heterocycles. The topological polar surface area (TPSA) is 110 Å². The zero-order chi connectivity index (χ0) is 9.30. The SMILES string of the molecule is [O][C@@H]1O[C@H](CO)[C@H](O)[C@H](O)[C@@H]1O. The van der Waals surface area contributed by atoms with Crippen molar-refractivity contribution in [2.24, 2.45) is 0 Å². The number of hydrogen-bond donors (Lipinski definition) is 4. The van der Waals surface area contributed by atoms with Crippen molar-refractivity contribution in [1.82, 2.24) is 0 Å². The van der Waals surface area contributed by atoms with Crippen molar-refractivity contribution in [3.8, 4) is 0 Å². The zero-order valence-electron chi connectivity index (χ0n) is 6.20. The van der Waals surface area contributed by atoms with E-state index >= 15 is 0 Å². The van der Waals surface area contributed by atoms with Gasteiger partial charge in [0.05, 0.1) is 6.61 Å². The van der Waals surface area contributed by atoms with E-state index in [1.807, 2.05) is 0 Å². The molecule has 0 bridgehead atoms. The van der Waals surface area contributed by atoms with E-state index in [1.165, 1.54) is 0 Å². The minimum Gasteiger partial charge on any atom is -0.394 e. The van der Waals surface area contributed by atoms with Crippen molar-refractivity contribution in [3.63, 3.8) is 0 Å². The maximum atomic E-state index is 10.7. The van der Waals surface area contributed by atoms with Gasteiger partial charge in [-0.1, -0.05) is 0 Å². The second-order valence-corrected chi connectivity index (χ2v) is 2.70. The van der Waals surface area contributed by atoms with Crippen LogP contribution in [-0.2, 0) is 9.84 Å².